The number of allylic oxidation sites excluding steroid dienone is 2. The molecule has 0 unspecified atom stereocenters. The summed E-state index contributed by atoms with van der Waals surface area (Å²) in [5.74, 6) is 0. The van der Waals surface area contributed by atoms with Gasteiger partial charge in [0.25, 0.3) is 0 Å². The van der Waals surface area contributed by atoms with Gasteiger partial charge in [-0.3, -0.25) is 0 Å². The molecular weight excluding hydrogens is 210 g/mol. The molecule has 1 aliphatic rings. The first-order valence-corrected chi connectivity index (χ1v) is 5.59. The Morgan fingerprint density at radius 3 is 2.82 bits per heavy atom. The van der Waals surface area contributed by atoms with E-state index in [1.807, 2.05) is 43.5 Å². The largest absolute Gasteiger partial charge is 0.360 e. The number of aryl methyl sites for hydroxylation is 1. The Bertz CT molecular complexity index is 610. The smallest absolute Gasteiger partial charge is 0.0872 e. The molecule has 3 nitrogen and oxygen atoms in total. The maximum Gasteiger partial charge on any atom is 0.0872 e. The molecule has 0 saturated carbocycles. The minimum absolute atomic E-state index is 0.969. The van der Waals surface area contributed by atoms with Gasteiger partial charge >= 0.3 is 0 Å². The molecule has 0 amide bonds. The van der Waals surface area contributed by atoms with E-state index in [-0.39, 0.29) is 0 Å². The summed E-state index contributed by atoms with van der Waals surface area (Å²) in [7, 11) is 0. The van der Waals surface area contributed by atoms with Crippen LogP contribution in [0.5, 0.6) is 0 Å². The summed E-state index contributed by atoms with van der Waals surface area (Å²) in [6, 6.07) is 8.10. The second-order valence-electron chi connectivity index (χ2n) is 4.08. The van der Waals surface area contributed by atoms with Crippen molar-refractivity contribution in [1.29, 1.82) is 0 Å². The van der Waals surface area contributed by atoms with E-state index in [4.69, 9.17) is 0 Å². The Labute approximate surface area is 99.6 Å². The third-order valence-electron chi connectivity index (χ3n) is 2.69. The first kappa shape index (κ1) is 9.90. The summed E-state index contributed by atoms with van der Waals surface area (Å²) in [5, 5.41) is 0. The molecule has 0 radical (unpaired) electrons. The zero-order valence-corrected chi connectivity index (χ0v) is 9.57. The molecule has 1 aliphatic heterocycles. The van der Waals surface area contributed by atoms with Crippen LogP contribution >= 0.6 is 0 Å². The molecule has 84 valence electrons. The molecule has 0 fully saturated rings. The van der Waals surface area contributed by atoms with Crippen molar-refractivity contribution < 1.29 is 0 Å². The Balaban J connectivity index is 1.89. The zero-order valence-electron chi connectivity index (χ0n) is 9.57. The molecule has 0 aromatic carbocycles. The van der Waals surface area contributed by atoms with Crippen molar-refractivity contribution in [3.8, 4) is 0 Å². The Kier molecular flexibility index (Phi) is 2.29. The van der Waals surface area contributed by atoms with Gasteiger partial charge in [0.05, 0.1) is 17.1 Å². The van der Waals surface area contributed by atoms with Crippen molar-refractivity contribution in [3.05, 3.63) is 65.4 Å². The molecule has 0 bridgehead atoms. The third kappa shape index (κ3) is 1.99. The van der Waals surface area contributed by atoms with Gasteiger partial charge in [-0.15, -0.1) is 0 Å². The predicted octanol–water partition coefficient (Wildman–Crippen LogP) is 3.05. The summed E-state index contributed by atoms with van der Waals surface area (Å²) in [5.41, 5.74) is 5.24. The van der Waals surface area contributed by atoms with E-state index < -0.39 is 0 Å². The molecule has 2 aromatic heterocycles. The Morgan fingerprint density at radius 1 is 1.18 bits per heavy atom. The molecule has 0 aliphatic carbocycles. The van der Waals surface area contributed by atoms with Crippen molar-refractivity contribution in [1.82, 2.24) is 9.97 Å². The van der Waals surface area contributed by atoms with Gasteiger partial charge in [0.15, 0.2) is 0 Å². The average Bonchev–Trinajstić information content (AvgIpc) is 3.00. The van der Waals surface area contributed by atoms with Crippen molar-refractivity contribution in [3.63, 3.8) is 0 Å². The number of aliphatic imine (C=N–C) groups is 1. The normalized spacial score (nSPS) is 16.8. The second-order valence-corrected chi connectivity index (χ2v) is 4.08. The number of hydrogen-bond acceptors (Lipinski definition) is 1. The van der Waals surface area contributed by atoms with E-state index in [2.05, 4.69) is 27.1 Å². The predicted molar refractivity (Wildman–Crippen MR) is 70.0 cm³/mol. The Hall–Kier alpha value is -2.29. The molecule has 17 heavy (non-hydrogen) atoms. The van der Waals surface area contributed by atoms with Gasteiger partial charge in [0.2, 0.25) is 0 Å². The number of H-pyrrole nitrogens is 2. The van der Waals surface area contributed by atoms with Crippen molar-refractivity contribution >= 4 is 11.8 Å². The summed E-state index contributed by atoms with van der Waals surface area (Å²) in [6.07, 6.45) is 7.99. The maximum atomic E-state index is 4.55. The van der Waals surface area contributed by atoms with Crippen LogP contribution in [0.4, 0.5) is 0 Å². The molecule has 0 atom stereocenters. The fraction of sp³-hybridized carbons (Fsp3) is 0.0714. The van der Waals surface area contributed by atoms with Gasteiger partial charge in [-0.2, -0.15) is 0 Å². The van der Waals surface area contributed by atoms with Gasteiger partial charge in [0, 0.05) is 17.6 Å². The Morgan fingerprint density at radius 2 is 2.12 bits per heavy atom. The van der Waals surface area contributed by atoms with Gasteiger partial charge in [-0.05, 0) is 49.4 Å². The van der Waals surface area contributed by atoms with E-state index in [0.29, 0.717) is 0 Å². The van der Waals surface area contributed by atoms with Crippen LogP contribution in [0.25, 0.3) is 6.08 Å². The number of aromatic amines is 2. The summed E-state index contributed by atoms with van der Waals surface area (Å²) in [6.45, 7) is 2.04. The van der Waals surface area contributed by atoms with Crippen LogP contribution in [-0.2, 0) is 0 Å². The topological polar surface area (TPSA) is 43.9 Å². The van der Waals surface area contributed by atoms with E-state index in [9.17, 15) is 0 Å². The first-order chi connectivity index (χ1) is 8.31. The second kappa shape index (κ2) is 3.94. The standard InChI is InChI=1S/C14H13N3/c1-10-4-5-11(16-10)9-12-6-7-14(17-12)13-3-2-8-15-13/h2-9,15-16H,1H3/b12-9-. The number of hydrogen-bond donors (Lipinski definition) is 2. The van der Waals surface area contributed by atoms with Crippen LogP contribution < -0.4 is 0 Å². The monoisotopic (exact) mass is 223 g/mol. The van der Waals surface area contributed by atoms with E-state index in [0.717, 1.165) is 28.5 Å². The lowest BCUT2D eigenvalue weighted by Gasteiger charge is -1.92. The van der Waals surface area contributed by atoms with Crippen LogP contribution in [0.2, 0.25) is 0 Å². The average molecular weight is 223 g/mol. The highest BCUT2D eigenvalue weighted by molar-refractivity contribution is 6.10. The van der Waals surface area contributed by atoms with Gasteiger partial charge in [0.1, 0.15) is 0 Å². The lowest BCUT2D eigenvalue weighted by molar-refractivity contribution is 1.24. The van der Waals surface area contributed by atoms with Crippen LogP contribution in [0.15, 0.2) is 53.3 Å². The summed E-state index contributed by atoms with van der Waals surface area (Å²) in [4.78, 5) is 11.0. The van der Waals surface area contributed by atoms with E-state index in [1.165, 1.54) is 0 Å². The lowest BCUT2D eigenvalue weighted by Crippen LogP contribution is -1.92. The molecule has 0 saturated heterocycles. The molecular formula is C14H13N3. The number of aromatic nitrogens is 2. The maximum absolute atomic E-state index is 4.55. The van der Waals surface area contributed by atoms with Crippen molar-refractivity contribution in [2.45, 2.75) is 6.92 Å². The molecule has 2 N–H and O–H groups in total. The number of nitrogens with zero attached hydrogens (tertiary/aromatic N) is 1. The fourth-order valence-corrected chi connectivity index (χ4v) is 1.87. The minimum atomic E-state index is 0.969. The molecule has 0 spiro atoms. The quantitative estimate of drug-likeness (QED) is 0.786. The molecule has 3 rings (SSSR count). The molecule has 2 aromatic rings. The zero-order chi connectivity index (χ0) is 11.7. The van der Waals surface area contributed by atoms with Crippen molar-refractivity contribution in [2.75, 3.05) is 0 Å². The minimum Gasteiger partial charge on any atom is -0.360 e. The van der Waals surface area contributed by atoms with Gasteiger partial charge < -0.3 is 9.97 Å². The van der Waals surface area contributed by atoms with Gasteiger partial charge in [-0.25, -0.2) is 4.99 Å². The fourth-order valence-electron chi connectivity index (χ4n) is 1.87. The van der Waals surface area contributed by atoms with Crippen LogP contribution in [-0.4, -0.2) is 15.7 Å². The molecule has 3 heterocycles. The third-order valence-corrected chi connectivity index (χ3v) is 2.69. The number of rotatable bonds is 2. The SMILES string of the molecule is Cc1ccc(/C=C2/C=CC(c3ccc[nH]3)=N2)[nH]1. The van der Waals surface area contributed by atoms with Gasteiger partial charge in [-0.1, -0.05) is 0 Å². The van der Waals surface area contributed by atoms with Crippen LogP contribution in [0.1, 0.15) is 17.1 Å². The molecule has 3 heteroatoms. The van der Waals surface area contributed by atoms with Crippen LogP contribution in [0, 0.1) is 6.92 Å². The van der Waals surface area contributed by atoms with Crippen LogP contribution in [0.3, 0.4) is 0 Å². The van der Waals surface area contributed by atoms with E-state index in [1.54, 1.807) is 0 Å². The number of nitrogens with one attached hydrogen (secondary N) is 2. The highest BCUT2D eigenvalue weighted by Crippen LogP contribution is 2.16. The van der Waals surface area contributed by atoms with Crippen molar-refractivity contribution in [2.24, 2.45) is 4.99 Å². The highest BCUT2D eigenvalue weighted by atomic mass is 14.8. The van der Waals surface area contributed by atoms with E-state index >= 15 is 0 Å². The summed E-state index contributed by atoms with van der Waals surface area (Å²) >= 11 is 0. The lowest BCUT2D eigenvalue weighted by atomic mass is 10.3. The summed E-state index contributed by atoms with van der Waals surface area (Å²) < 4.78 is 0. The first-order valence-electron chi connectivity index (χ1n) is 5.59. The highest BCUT2D eigenvalue weighted by Gasteiger charge is 2.07.